The number of benzene rings is 2. The molecule has 3 rings (SSSR count). The lowest BCUT2D eigenvalue weighted by atomic mass is 10.2. The highest BCUT2D eigenvalue weighted by Gasteiger charge is 2.16. The Morgan fingerprint density at radius 2 is 1.72 bits per heavy atom. The van der Waals surface area contributed by atoms with Crippen LogP contribution in [-0.2, 0) is 11.3 Å². The van der Waals surface area contributed by atoms with E-state index >= 15 is 0 Å². The van der Waals surface area contributed by atoms with Crippen molar-refractivity contribution in [2.24, 2.45) is 0 Å². The monoisotopic (exact) mass is 486 g/mol. The van der Waals surface area contributed by atoms with Crippen LogP contribution in [-0.4, -0.2) is 26.4 Å². The van der Waals surface area contributed by atoms with Crippen molar-refractivity contribution in [1.82, 2.24) is 14.8 Å². The maximum Gasteiger partial charge on any atom is 0.234 e. The summed E-state index contributed by atoms with van der Waals surface area (Å²) in [4.78, 5) is 12.4. The van der Waals surface area contributed by atoms with E-state index in [1.807, 2.05) is 16.7 Å². The molecule has 3 aromatic rings. The lowest BCUT2D eigenvalue weighted by Gasteiger charge is -2.10. The van der Waals surface area contributed by atoms with Crippen molar-refractivity contribution in [3.8, 4) is 11.4 Å². The molecule has 1 amide bonds. The average molecular weight is 488 g/mol. The number of halogens is 4. The second-order valence-corrected chi connectivity index (χ2v) is 8.42. The number of rotatable bonds is 7. The largest absolute Gasteiger partial charge is 0.323 e. The van der Waals surface area contributed by atoms with Crippen molar-refractivity contribution >= 4 is 69.8 Å². The molecule has 0 fully saturated rings. The van der Waals surface area contributed by atoms with Gasteiger partial charge in [0, 0.05) is 22.2 Å². The Morgan fingerprint density at radius 1 is 1.07 bits per heavy atom. The van der Waals surface area contributed by atoms with Crippen molar-refractivity contribution in [1.29, 1.82) is 0 Å². The Labute approximate surface area is 192 Å². The summed E-state index contributed by atoms with van der Waals surface area (Å²) in [7, 11) is 0. The first-order valence-corrected chi connectivity index (χ1v) is 10.8. The number of aromatic nitrogens is 3. The van der Waals surface area contributed by atoms with Crippen molar-refractivity contribution in [2.45, 2.75) is 11.7 Å². The molecule has 0 saturated carbocycles. The van der Waals surface area contributed by atoms with Crippen molar-refractivity contribution in [3.63, 3.8) is 0 Å². The summed E-state index contributed by atoms with van der Waals surface area (Å²) in [6.07, 6.45) is 1.74. The number of thioether (sulfide) groups is 1. The van der Waals surface area contributed by atoms with Crippen molar-refractivity contribution in [2.75, 3.05) is 11.1 Å². The number of allylic oxidation sites excluding steroid dienone is 1. The Balaban J connectivity index is 1.74. The zero-order valence-electron chi connectivity index (χ0n) is 14.8. The number of nitrogens with one attached hydrogen (secondary N) is 1. The predicted octanol–water partition coefficient (Wildman–Crippen LogP) is 6.48. The van der Waals surface area contributed by atoms with Crippen LogP contribution in [0.3, 0.4) is 0 Å². The zero-order chi connectivity index (χ0) is 21.0. The fourth-order valence-electron chi connectivity index (χ4n) is 2.47. The minimum Gasteiger partial charge on any atom is -0.323 e. The van der Waals surface area contributed by atoms with E-state index in [1.54, 1.807) is 18.2 Å². The lowest BCUT2D eigenvalue weighted by molar-refractivity contribution is -0.113. The molecule has 1 aromatic heterocycles. The molecule has 10 heteroatoms. The fraction of sp³-hybridized carbons (Fsp3) is 0.105. The highest BCUT2D eigenvalue weighted by Crippen LogP contribution is 2.34. The van der Waals surface area contributed by atoms with Crippen LogP contribution in [0.1, 0.15) is 0 Å². The minimum atomic E-state index is -0.290. The molecule has 0 radical (unpaired) electrons. The van der Waals surface area contributed by atoms with Crippen molar-refractivity contribution < 1.29 is 4.79 Å². The van der Waals surface area contributed by atoms with Gasteiger partial charge < -0.3 is 5.32 Å². The number of anilines is 1. The Bertz CT molecular complexity index is 1030. The molecule has 0 aliphatic rings. The summed E-state index contributed by atoms with van der Waals surface area (Å²) in [5.74, 6) is 0.459. The van der Waals surface area contributed by atoms with Crippen LogP contribution in [0.2, 0.25) is 20.1 Å². The molecular formula is C19H14Cl4N4OS. The van der Waals surface area contributed by atoms with Gasteiger partial charge in [0.25, 0.3) is 0 Å². The molecule has 0 atom stereocenters. The van der Waals surface area contributed by atoms with E-state index in [1.165, 1.54) is 23.9 Å². The van der Waals surface area contributed by atoms with Gasteiger partial charge in [0.1, 0.15) is 0 Å². The topological polar surface area (TPSA) is 59.8 Å². The number of hydrogen-bond donors (Lipinski definition) is 1. The van der Waals surface area contributed by atoms with Crippen LogP contribution in [0.15, 0.2) is 54.2 Å². The van der Waals surface area contributed by atoms with Crippen LogP contribution < -0.4 is 5.32 Å². The summed E-state index contributed by atoms with van der Waals surface area (Å²) in [6, 6.07) is 10.3. The van der Waals surface area contributed by atoms with Gasteiger partial charge in [-0.1, -0.05) is 64.2 Å². The van der Waals surface area contributed by atoms with Gasteiger partial charge in [-0.15, -0.1) is 16.8 Å². The van der Waals surface area contributed by atoms with Gasteiger partial charge in [0.05, 0.1) is 21.5 Å². The first-order valence-electron chi connectivity index (χ1n) is 8.26. The molecule has 29 heavy (non-hydrogen) atoms. The van der Waals surface area contributed by atoms with Gasteiger partial charge in [0.15, 0.2) is 11.0 Å². The first kappa shape index (κ1) is 22.0. The van der Waals surface area contributed by atoms with Crippen LogP contribution in [0.4, 0.5) is 5.69 Å². The van der Waals surface area contributed by atoms with E-state index in [4.69, 9.17) is 46.4 Å². The molecule has 1 N–H and O–H groups in total. The average Bonchev–Trinajstić information content (AvgIpc) is 3.06. The highest BCUT2D eigenvalue weighted by atomic mass is 35.5. The van der Waals surface area contributed by atoms with E-state index in [9.17, 15) is 4.79 Å². The molecule has 5 nitrogen and oxygen atoms in total. The SMILES string of the molecule is C=CCn1c(SCC(=O)Nc2c(Cl)cc(Cl)cc2Cl)nnc1-c1ccc(Cl)cc1. The third-order valence-corrected chi connectivity index (χ3v) is 5.77. The number of nitrogens with zero attached hydrogens (tertiary/aromatic N) is 3. The molecular weight excluding hydrogens is 474 g/mol. The normalized spacial score (nSPS) is 10.8. The second kappa shape index (κ2) is 9.87. The molecule has 2 aromatic carbocycles. The van der Waals surface area contributed by atoms with Gasteiger partial charge in [-0.05, 0) is 36.4 Å². The molecule has 0 spiro atoms. The highest BCUT2D eigenvalue weighted by molar-refractivity contribution is 7.99. The second-order valence-electron chi connectivity index (χ2n) is 5.79. The number of amides is 1. The van der Waals surface area contributed by atoms with E-state index in [0.717, 1.165) is 5.56 Å². The lowest BCUT2D eigenvalue weighted by Crippen LogP contribution is -2.15. The summed E-state index contributed by atoms with van der Waals surface area (Å²) < 4.78 is 1.87. The Morgan fingerprint density at radius 3 is 2.34 bits per heavy atom. The maximum atomic E-state index is 12.4. The minimum absolute atomic E-state index is 0.0885. The van der Waals surface area contributed by atoms with Crippen molar-refractivity contribution in [3.05, 3.63) is 69.1 Å². The molecule has 0 aliphatic carbocycles. The van der Waals surface area contributed by atoms with E-state index in [-0.39, 0.29) is 21.7 Å². The van der Waals surface area contributed by atoms with Gasteiger partial charge in [0.2, 0.25) is 5.91 Å². The van der Waals surface area contributed by atoms with Gasteiger partial charge in [-0.3, -0.25) is 9.36 Å². The molecule has 150 valence electrons. The van der Waals surface area contributed by atoms with Crippen LogP contribution >= 0.6 is 58.2 Å². The van der Waals surface area contributed by atoms with E-state index in [0.29, 0.717) is 33.3 Å². The third kappa shape index (κ3) is 5.47. The summed E-state index contributed by atoms with van der Waals surface area (Å²) in [5, 5.41) is 13.3. The molecule has 0 bridgehead atoms. The maximum absolute atomic E-state index is 12.4. The predicted molar refractivity (Wildman–Crippen MR) is 121 cm³/mol. The zero-order valence-corrected chi connectivity index (χ0v) is 18.7. The number of carbonyl (C=O) groups is 1. The number of carbonyl (C=O) groups excluding carboxylic acids is 1. The Kier molecular flexibility index (Phi) is 7.49. The van der Waals surface area contributed by atoms with E-state index in [2.05, 4.69) is 22.1 Å². The summed E-state index contributed by atoms with van der Waals surface area (Å²) in [5.41, 5.74) is 1.18. The standard InChI is InChI=1S/C19H14Cl4N4OS/c1-2-7-27-18(11-3-5-12(20)6-4-11)25-26-19(27)29-10-16(28)24-17-14(22)8-13(21)9-15(17)23/h2-6,8-9H,1,7,10H2,(H,24,28). The van der Waals surface area contributed by atoms with Gasteiger partial charge in [-0.2, -0.15) is 0 Å². The molecule has 0 saturated heterocycles. The van der Waals surface area contributed by atoms with E-state index < -0.39 is 0 Å². The molecule has 0 unspecified atom stereocenters. The van der Waals surface area contributed by atoms with Crippen LogP contribution in [0.25, 0.3) is 11.4 Å². The first-order chi connectivity index (χ1) is 13.9. The Hall–Kier alpha value is -1.70. The quantitative estimate of drug-likeness (QED) is 0.306. The smallest absolute Gasteiger partial charge is 0.234 e. The fourth-order valence-corrected chi connectivity index (χ4v) is 4.25. The molecule has 0 aliphatic heterocycles. The number of hydrogen-bond acceptors (Lipinski definition) is 4. The molecule has 1 heterocycles. The van der Waals surface area contributed by atoms with Gasteiger partial charge in [-0.25, -0.2) is 0 Å². The van der Waals surface area contributed by atoms with Crippen LogP contribution in [0, 0.1) is 0 Å². The third-order valence-electron chi connectivity index (χ3n) is 3.73. The van der Waals surface area contributed by atoms with Gasteiger partial charge >= 0.3 is 0 Å². The summed E-state index contributed by atoms with van der Waals surface area (Å²) >= 11 is 25.3. The summed E-state index contributed by atoms with van der Waals surface area (Å²) in [6.45, 7) is 4.27. The van der Waals surface area contributed by atoms with Crippen LogP contribution in [0.5, 0.6) is 0 Å².